The predicted octanol–water partition coefficient (Wildman–Crippen LogP) is 3.79. The van der Waals surface area contributed by atoms with Gasteiger partial charge in [0.25, 0.3) is 11.8 Å². The lowest BCUT2D eigenvalue weighted by Crippen LogP contribution is -2.55. The van der Waals surface area contributed by atoms with Gasteiger partial charge in [-0.25, -0.2) is 8.42 Å². The average Bonchev–Trinajstić information content (AvgIpc) is 3.18. The van der Waals surface area contributed by atoms with Crippen molar-refractivity contribution in [3.8, 4) is 0 Å². The molecule has 4 aromatic rings. The fraction of sp³-hybridized carbons (Fsp3) is 0.357. The number of carbonyl (C=O) groups is 4. The van der Waals surface area contributed by atoms with Crippen LogP contribution in [-0.4, -0.2) is 81.5 Å². The Morgan fingerprint density at radius 3 is 1.84 bits per heavy atom. The Bertz CT molecular complexity index is 2030. The van der Waals surface area contributed by atoms with Crippen LogP contribution in [0.3, 0.4) is 0 Å². The summed E-state index contributed by atoms with van der Waals surface area (Å²) in [4.78, 5) is 58.4. The number of likely N-dealkylation sites (N-methyl/N-ethyl adjacent to an activating group) is 1. The van der Waals surface area contributed by atoms with Crippen molar-refractivity contribution in [1.29, 1.82) is 0 Å². The molecular weight excluding hydrogens is 731 g/mol. The largest absolute Gasteiger partial charge is 0.355 e. The van der Waals surface area contributed by atoms with Crippen LogP contribution in [0.25, 0.3) is 0 Å². The van der Waals surface area contributed by atoms with Gasteiger partial charge in [0.1, 0.15) is 6.04 Å². The van der Waals surface area contributed by atoms with Crippen LogP contribution in [0, 0.1) is 5.92 Å². The highest BCUT2D eigenvalue weighted by atomic mass is 32.2. The van der Waals surface area contributed by atoms with Gasteiger partial charge >= 0.3 is 0 Å². The molecule has 56 heavy (non-hydrogen) atoms. The second-order valence-electron chi connectivity index (χ2n) is 14.1. The van der Waals surface area contributed by atoms with Gasteiger partial charge in [-0.3, -0.25) is 28.5 Å². The van der Waals surface area contributed by atoms with E-state index in [-0.39, 0.29) is 41.1 Å². The van der Waals surface area contributed by atoms with Crippen molar-refractivity contribution in [2.45, 2.75) is 64.7 Å². The third-order valence-corrected chi connectivity index (χ3v) is 10.5. The van der Waals surface area contributed by atoms with Crippen molar-refractivity contribution in [3.05, 3.63) is 131 Å². The van der Waals surface area contributed by atoms with Gasteiger partial charge in [-0.15, -0.1) is 0 Å². The Morgan fingerprint density at radius 2 is 1.30 bits per heavy atom. The van der Waals surface area contributed by atoms with Crippen molar-refractivity contribution in [3.63, 3.8) is 0 Å². The highest BCUT2D eigenvalue weighted by Gasteiger charge is 2.27. The van der Waals surface area contributed by atoms with Crippen molar-refractivity contribution in [2.24, 2.45) is 5.92 Å². The van der Waals surface area contributed by atoms with E-state index in [9.17, 15) is 27.6 Å². The standard InChI is InChI=1S/C42H53N7O6S/c1-7-43-42(53)38(28(2)3)48-39(50)29(4)45-27-34(22-30-16-10-8-11-17-30)46-40(51)32-24-33(26-35(25-32)49(5)56(6,54)55)41(52)47-37(36-20-14-15-21-44-36)23-31-18-12-9-13-19-31/h8-21,24-26,28-29,34,37-38,45H,7,22-23,27H2,1-6H3,(H,43,53)(H,46,51)(H,47,52)(H,48,50)/t29-,34-,37?,38-/m0/s1. The second kappa shape index (κ2) is 20.4. The number of rotatable bonds is 19. The molecule has 0 radical (unpaired) electrons. The molecule has 0 aliphatic rings. The first-order chi connectivity index (χ1) is 26.7. The molecule has 0 aliphatic carbocycles. The summed E-state index contributed by atoms with van der Waals surface area (Å²) in [6, 6.07) is 26.3. The third-order valence-electron chi connectivity index (χ3n) is 9.26. The zero-order chi connectivity index (χ0) is 40.8. The molecule has 4 amide bonds. The summed E-state index contributed by atoms with van der Waals surface area (Å²) in [5.74, 6) is -1.86. The molecule has 1 heterocycles. The molecule has 0 fully saturated rings. The molecule has 3 aromatic carbocycles. The van der Waals surface area contributed by atoms with Crippen LogP contribution < -0.4 is 30.9 Å². The number of hydrogen-bond donors (Lipinski definition) is 5. The molecule has 298 valence electrons. The van der Waals surface area contributed by atoms with E-state index >= 15 is 0 Å². The Hall–Kier alpha value is -5.60. The number of nitrogens with zero attached hydrogens (tertiary/aromatic N) is 2. The number of amides is 4. The lowest BCUT2D eigenvalue weighted by atomic mass is 10.0. The van der Waals surface area contributed by atoms with Gasteiger partial charge < -0.3 is 26.6 Å². The SMILES string of the molecule is CCNC(=O)[C@@H](NC(=O)[C@H](C)NC[C@H](Cc1ccccc1)NC(=O)c1cc(C(=O)NC(Cc2ccccc2)c2ccccn2)cc(N(C)S(C)(=O)=O)c1)C(C)C. The van der Waals surface area contributed by atoms with E-state index in [0.29, 0.717) is 25.1 Å². The maximum Gasteiger partial charge on any atom is 0.251 e. The third kappa shape index (κ3) is 12.7. The van der Waals surface area contributed by atoms with Crippen LogP contribution in [0.15, 0.2) is 103 Å². The first kappa shape index (κ1) is 43.1. The number of nitrogens with one attached hydrogen (secondary N) is 5. The predicted molar refractivity (Wildman–Crippen MR) is 219 cm³/mol. The molecule has 13 nitrogen and oxygen atoms in total. The number of anilines is 1. The normalized spacial score (nSPS) is 13.5. The van der Waals surface area contributed by atoms with E-state index in [1.165, 1.54) is 25.2 Å². The van der Waals surface area contributed by atoms with Crippen molar-refractivity contribution >= 4 is 39.3 Å². The summed E-state index contributed by atoms with van der Waals surface area (Å²) >= 11 is 0. The summed E-state index contributed by atoms with van der Waals surface area (Å²) in [5, 5.41) is 14.9. The van der Waals surface area contributed by atoms with Crippen molar-refractivity contribution in [1.82, 2.24) is 31.6 Å². The van der Waals surface area contributed by atoms with Crippen molar-refractivity contribution in [2.75, 3.05) is 30.7 Å². The van der Waals surface area contributed by atoms with E-state index < -0.39 is 46.0 Å². The quantitative estimate of drug-likeness (QED) is 0.0954. The highest BCUT2D eigenvalue weighted by molar-refractivity contribution is 7.92. The summed E-state index contributed by atoms with van der Waals surface area (Å²) < 4.78 is 26.4. The van der Waals surface area contributed by atoms with Gasteiger partial charge in [-0.05, 0) is 74.1 Å². The van der Waals surface area contributed by atoms with Gasteiger partial charge in [0.2, 0.25) is 21.8 Å². The molecule has 0 aliphatic heterocycles. The molecule has 5 N–H and O–H groups in total. The van der Waals surface area contributed by atoms with E-state index in [2.05, 4.69) is 31.6 Å². The minimum Gasteiger partial charge on any atom is -0.355 e. The molecule has 1 unspecified atom stereocenters. The van der Waals surface area contributed by atoms with Crippen LogP contribution in [0.5, 0.6) is 0 Å². The first-order valence-corrected chi connectivity index (χ1v) is 20.5. The van der Waals surface area contributed by atoms with Crippen LogP contribution >= 0.6 is 0 Å². The topological polar surface area (TPSA) is 179 Å². The van der Waals surface area contributed by atoms with Gasteiger partial charge in [0.05, 0.1) is 29.7 Å². The van der Waals surface area contributed by atoms with Crippen LogP contribution in [0.2, 0.25) is 0 Å². The second-order valence-corrected chi connectivity index (χ2v) is 16.1. The first-order valence-electron chi connectivity index (χ1n) is 18.7. The smallest absolute Gasteiger partial charge is 0.251 e. The average molecular weight is 784 g/mol. The van der Waals surface area contributed by atoms with E-state index in [1.54, 1.807) is 19.2 Å². The monoisotopic (exact) mass is 783 g/mol. The lowest BCUT2D eigenvalue weighted by Gasteiger charge is -2.25. The zero-order valence-corrected chi connectivity index (χ0v) is 33.6. The fourth-order valence-electron chi connectivity index (χ4n) is 6.00. The lowest BCUT2D eigenvalue weighted by molar-refractivity contribution is -0.130. The summed E-state index contributed by atoms with van der Waals surface area (Å²) in [6.07, 6.45) is 3.51. The van der Waals surface area contributed by atoms with Crippen molar-refractivity contribution < 1.29 is 27.6 Å². The fourth-order valence-corrected chi connectivity index (χ4v) is 6.49. The summed E-state index contributed by atoms with van der Waals surface area (Å²) in [7, 11) is -2.42. The minimum atomic E-state index is -3.77. The van der Waals surface area contributed by atoms with Gasteiger partial charge in [-0.1, -0.05) is 80.6 Å². The van der Waals surface area contributed by atoms with E-state index in [0.717, 1.165) is 21.7 Å². The van der Waals surface area contributed by atoms with Gasteiger partial charge in [-0.2, -0.15) is 0 Å². The van der Waals surface area contributed by atoms with Gasteiger partial charge in [0.15, 0.2) is 0 Å². The number of sulfonamides is 1. The molecule has 4 rings (SSSR count). The highest BCUT2D eigenvalue weighted by Crippen LogP contribution is 2.23. The maximum absolute atomic E-state index is 14.1. The zero-order valence-electron chi connectivity index (χ0n) is 32.8. The number of carbonyl (C=O) groups excluding carboxylic acids is 4. The molecule has 4 atom stereocenters. The molecule has 0 saturated carbocycles. The minimum absolute atomic E-state index is 0.0613. The van der Waals surface area contributed by atoms with Crippen LogP contribution in [0.4, 0.5) is 5.69 Å². The molecule has 1 aromatic heterocycles. The van der Waals surface area contributed by atoms with Crippen LogP contribution in [0.1, 0.15) is 71.3 Å². The Labute approximate surface area is 330 Å². The molecule has 0 spiro atoms. The molecule has 0 bridgehead atoms. The molecular formula is C42H53N7O6S. The van der Waals surface area contributed by atoms with E-state index in [1.807, 2.05) is 93.6 Å². The number of hydrogen-bond acceptors (Lipinski definition) is 8. The Morgan fingerprint density at radius 1 is 0.732 bits per heavy atom. The van der Waals surface area contributed by atoms with Crippen LogP contribution in [-0.2, 0) is 32.5 Å². The summed E-state index contributed by atoms with van der Waals surface area (Å²) in [5.41, 5.74) is 2.80. The van der Waals surface area contributed by atoms with E-state index in [4.69, 9.17) is 0 Å². The number of benzene rings is 3. The number of pyridine rings is 1. The maximum atomic E-state index is 14.1. The molecule has 14 heteroatoms. The summed E-state index contributed by atoms with van der Waals surface area (Å²) in [6.45, 7) is 7.80. The van der Waals surface area contributed by atoms with Gasteiger partial charge in [0, 0.05) is 43.5 Å². The Kier molecular flexibility index (Phi) is 15.7. The Balaban J connectivity index is 1.61. The molecule has 0 saturated heterocycles. The number of aromatic nitrogens is 1.